The Hall–Kier alpha value is -5.37. The maximum absolute atomic E-state index is 2.28. The van der Waals surface area contributed by atoms with Gasteiger partial charge in [0, 0.05) is 9.79 Å². The van der Waals surface area contributed by atoms with E-state index in [1.165, 1.54) is 75.1 Å². The van der Waals surface area contributed by atoms with E-state index in [0.717, 1.165) is 0 Å². The molecule has 0 heterocycles. The molecule has 0 nitrogen and oxygen atoms in total. The van der Waals surface area contributed by atoms with Crippen LogP contribution in [0.4, 0.5) is 0 Å². The van der Waals surface area contributed by atoms with Crippen molar-refractivity contribution in [2.45, 2.75) is 9.79 Å². The highest BCUT2D eigenvalue weighted by Gasteiger charge is 2.02. The minimum Gasteiger partial charge on any atom is -0.0901 e. The van der Waals surface area contributed by atoms with Crippen molar-refractivity contribution in [2.75, 3.05) is 0 Å². The van der Waals surface area contributed by atoms with Gasteiger partial charge in [0.25, 0.3) is 0 Å². The molecule has 0 saturated heterocycles. The van der Waals surface area contributed by atoms with Crippen molar-refractivity contribution in [1.82, 2.24) is 0 Å². The van der Waals surface area contributed by atoms with Crippen LogP contribution < -0.4 is 0 Å². The molecule has 1 heteroatoms. The molecule has 0 aliphatic rings. The van der Waals surface area contributed by atoms with E-state index < -0.39 is 0 Å². The zero-order valence-electron chi connectivity index (χ0n) is 24.7. The van der Waals surface area contributed by atoms with Crippen LogP contribution in [-0.2, 0) is 0 Å². The Balaban J connectivity index is 0.915. The molecule has 8 rings (SSSR count). The largest absolute Gasteiger partial charge is 0.0901 e. The zero-order valence-corrected chi connectivity index (χ0v) is 25.5. The summed E-state index contributed by atoms with van der Waals surface area (Å²) in [6.45, 7) is 0. The standard InChI is InChI=1S/C44H30S/c1-3-7-37-29-41-25-33(13-19-39(41)27-35(37)5-1)11-9-31-15-21-43(22-16-31)45-44-23-17-32(18-24-44)10-12-34-14-20-40-28-36-6-2-4-8-38(36)30-42(40)26-34/h1-30H/b11-9+,12-10+. The molecule has 0 amide bonds. The summed E-state index contributed by atoms with van der Waals surface area (Å²) in [5.41, 5.74) is 4.81. The molecule has 0 aliphatic heterocycles. The van der Waals surface area contributed by atoms with E-state index in [4.69, 9.17) is 0 Å². The second-order valence-corrected chi connectivity index (χ2v) is 12.7. The van der Waals surface area contributed by atoms with Crippen molar-refractivity contribution in [3.63, 3.8) is 0 Å². The lowest BCUT2D eigenvalue weighted by atomic mass is 10.0. The molecule has 0 N–H and O–H groups in total. The third kappa shape index (κ3) is 6.04. The number of benzene rings is 8. The van der Waals surface area contributed by atoms with Gasteiger partial charge >= 0.3 is 0 Å². The number of hydrogen-bond donors (Lipinski definition) is 0. The zero-order chi connectivity index (χ0) is 30.0. The summed E-state index contributed by atoms with van der Waals surface area (Å²) in [6, 6.07) is 57.1. The molecule has 8 aromatic rings. The molecule has 0 atom stereocenters. The second-order valence-electron chi connectivity index (χ2n) is 11.5. The van der Waals surface area contributed by atoms with Crippen LogP contribution in [0.15, 0.2) is 168 Å². The van der Waals surface area contributed by atoms with E-state index in [1.807, 2.05) is 0 Å². The van der Waals surface area contributed by atoms with Crippen molar-refractivity contribution < 1.29 is 0 Å². The topological polar surface area (TPSA) is 0 Å². The SMILES string of the molecule is C(=C\c1ccc2cc3ccccc3cc2c1)/c1ccc(Sc2ccc(/C=C/c3ccc4cc5ccccc5cc4c3)cc2)cc1. The highest BCUT2D eigenvalue weighted by atomic mass is 32.2. The summed E-state index contributed by atoms with van der Waals surface area (Å²) >= 11 is 1.79. The van der Waals surface area contributed by atoms with Crippen molar-refractivity contribution in [3.05, 3.63) is 180 Å². The third-order valence-corrected chi connectivity index (χ3v) is 9.41. The van der Waals surface area contributed by atoms with Gasteiger partial charge in [0.2, 0.25) is 0 Å². The first-order valence-corrected chi connectivity index (χ1v) is 16.1. The molecule has 0 fully saturated rings. The van der Waals surface area contributed by atoms with E-state index in [9.17, 15) is 0 Å². The van der Waals surface area contributed by atoms with Crippen LogP contribution >= 0.6 is 11.8 Å². The monoisotopic (exact) mass is 590 g/mol. The maximum atomic E-state index is 2.28. The molecule has 212 valence electrons. The summed E-state index contributed by atoms with van der Waals surface area (Å²) in [5.74, 6) is 0. The molecule has 0 bridgehead atoms. The van der Waals surface area contributed by atoms with Crippen LogP contribution in [0.3, 0.4) is 0 Å². The molecular formula is C44H30S. The van der Waals surface area contributed by atoms with E-state index in [0.29, 0.717) is 0 Å². The van der Waals surface area contributed by atoms with Crippen molar-refractivity contribution in [3.8, 4) is 0 Å². The molecule has 0 unspecified atom stereocenters. The number of rotatable bonds is 6. The Kier molecular flexibility index (Phi) is 7.23. The van der Waals surface area contributed by atoms with Crippen LogP contribution in [0.5, 0.6) is 0 Å². The molecule has 8 aromatic carbocycles. The van der Waals surface area contributed by atoms with Crippen molar-refractivity contribution in [1.29, 1.82) is 0 Å². The predicted octanol–water partition coefficient (Wildman–Crippen LogP) is 12.8. The average Bonchev–Trinajstić information content (AvgIpc) is 3.09. The van der Waals surface area contributed by atoms with Gasteiger partial charge in [-0.25, -0.2) is 0 Å². The van der Waals surface area contributed by atoms with E-state index in [-0.39, 0.29) is 0 Å². The lowest BCUT2D eigenvalue weighted by Gasteiger charge is -2.05. The first-order chi connectivity index (χ1) is 22.2. The summed E-state index contributed by atoms with van der Waals surface area (Å²) < 4.78 is 0. The van der Waals surface area contributed by atoms with Gasteiger partial charge in [0.15, 0.2) is 0 Å². The van der Waals surface area contributed by atoms with E-state index in [2.05, 4.69) is 182 Å². The Morgan fingerprint density at radius 2 is 0.578 bits per heavy atom. The van der Waals surface area contributed by atoms with Gasteiger partial charge in [-0.15, -0.1) is 0 Å². The van der Waals surface area contributed by atoms with Gasteiger partial charge < -0.3 is 0 Å². The van der Waals surface area contributed by atoms with Crippen LogP contribution in [0, 0.1) is 0 Å². The minimum atomic E-state index is 1.19. The molecule has 45 heavy (non-hydrogen) atoms. The third-order valence-electron chi connectivity index (χ3n) is 8.39. The van der Waals surface area contributed by atoms with Crippen LogP contribution in [0.1, 0.15) is 22.3 Å². The first-order valence-electron chi connectivity index (χ1n) is 15.3. The van der Waals surface area contributed by atoms with E-state index in [1.54, 1.807) is 11.8 Å². The van der Waals surface area contributed by atoms with Gasteiger partial charge in [-0.2, -0.15) is 0 Å². The van der Waals surface area contributed by atoms with Crippen molar-refractivity contribution in [2.24, 2.45) is 0 Å². The fourth-order valence-electron chi connectivity index (χ4n) is 5.94. The first kappa shape index (κ1) is 27.2. The van der Waals surface area contributed by atoms with Gasteiger partial charge in [0.1, 0.15) is 0 Å². The van der Waals surface area contributed by atoms with E-state index >= 15 is 0 Å². The molecule has 0 aliphatic carbocycles. The number of fused-ring (bicyclic) bond motifs is 4. The van der Waals surface area contributed by atoms with Crippen LogP contribution in [0.2, 0.25) is 0 Å². The summed E-state index contributed by atoms with van der Waals surface area (Å²) in [5, 5.41) is 10.2. The second kappa shape index (κ2) is 12.0. The Bertz CT molecular complexity index is 2210. The fourth-order valence-corrected chi connectivity index (χ4v) is 6.76. The van der Waals surface area contributed by atoms with Gasteiger partial charge in [0.05, 0.1) is 0 Å². The van der Waals surface area contributed by atoms with Crippen LogP contribution in [-0.4, -0.2) is 0 Å². The lowest BCUT2D eigenvalue weighted by molar-refractivity contribution is 1.40. The normalized spacial score (nSPS) is 11.9. The number of hydrogen-bond acceptors (Lipinski definition) is 1. The average molecular weight is 591 g/mol. The van der Waals surface area contributed by atoms with Crippen LogP contribution in [0.25, 0.3) is 67.4 Å². The quantitative estimate of drug-likeness (QED) is 0.137. The maximum Gasteiger partial charge on any atom is 0.0122 e. The van der Waals surface area contributed by atoms with Crippen molar-refractivity contribution >= 4 is 79.2 Å². The Labute approximate surface area is 268 Å². The van der Waals surface area contributed by atoms with Gasteiger partial charge in [-0.1, -0.05) is 133 Å². The summed E-state index contributed by atoms with van der Waals surface area (Å²) in [4.78, 5) is 2.47. The molecule has 0 radical (unpaired) electrons. The Morgan fingerprint density at radius 1 is 0.267 bits per heavy atom. The lowest BCUT2D eigenvalue weighted by Crippen LogP contribution is -1.79. The fraction of sp³-hybridized carbons (Fsp3) is 0. The smallest absolute Gasteiger partial charge is 0.0122 e. The molecule has 0 spiro atoms. The highest BCUT2D eigenvalue weighted by molar-refractivity contribution is 7.99. The minimum absolute atomic E-state index is 1.19. The summed E-state index contributed by atoms with van der Waals surface area (Å²) in [7, 11) is 0. The summed E-state index contributed by atoms with van der Waals surface area (Å²) in [6.07, 6.45) is 8.77. The predicted molar refractivity (Wildman–Crippen MR) is 198 cm³/mol. The molecule has 0 aromatic heterocycles. The van der Waals surface area contributed by atoms with Gasteiger partial charge in [-0.3, -0.25) is 0 Å². The molecular weight excluding hydrogens is 561 g/mol. The molecule has 0 saturated carbocycles. The van der Waals surface area contributed by atoms with Gasteiger partial charge in [-0.05, 0) is 126 Å². The Morgan fingerprint density at radius 3 is 0.978 bits per heavy atom. The highest BCUT2D eigenvalue weighted by Crippen LogP contribution is 2.30.